The third kappa shape index (κ3) is 9.72. The number of sulfonamides is 1. The summed E-state index contributed by atoms with van der Waals surface area (Å²) in [5, 5.41) is 0. The Morgan fingerprint density at radius 1 is 1.13 bits per heavy atom. The first kappa shape index (κ1) is 14.4. The molecule has 0 aromatic carbocycles. The quantitative estimate of drug-likeness (QED) is 0.366. The van der Waals surface area contributed by atoms with Crippen molar-refractivity contribution in [2.24, 2.45) is 4.40 Å². The normalized spacial score (nSPS) is 12.2. The Morgan fingerprint density at radius 3 is 2.27 bits per heavy atom. The van der Waals surface area contributed by atoms with Crippen LogP contribution in [0.4, 0.5) is 0 Å². The standard InChI is InChI=1S/C10H22N2O2S/c1-4-5-6-7-8-9-15(13,14)11-10-12(2)3/h10H,4-9H2,1-3H3/b11-10+. The maximum atomic E-state index is 11.3. The van der Waals surface area contributed by atoms with E-state index < -0.39 is 10.0 Å². The summed E-state index contributed by atoms with van der Waals surface area (Å²) in [5.41, 5.74) is 0. The summed E-state index contributed by atoms with van der Waals surface area (Å²) in [4.78, 5) is 1.62. The molecule has 0 aromatic heterocycles. The average Bonchev–Trinajstić information content (AvgIpc) is 2.15. The van der Waals surface area contributed by atoms with Gasteiger partial charge in [0.2, 0.25) is 0 Å². The minimum absolute atomic E-state index is 0.168. The van der Waals surface area contributed by atoms with Gasteiger partial charge in [-0.2, -0.15) is 4.40 Å². The van der Waals surface area contributed by atoms with Crippen molar-refractivity contribution in [1.82, 2.24) is 4.90 Å². The number of unbranched alkanes of at least 4 members (excludes halogenated alkanes) is 4. The first-order chi connectivity index (χ1) is 6.98. The van der Waals surface area contributed by atoms with Gasteiger partial charge in [-0.05, 0) is 6.42 Å². The molecule has 0 N–H and O–H groups in total. The Balaban J connectivity index is 3.75. The third-order valence-corrected chi connectivity index (χ3v) is 3.16. The van der Waals surface area contributed by atoms with E-state index in [1.165, 1.54) is 19.2 Å². The van der Waals surface area contributed by atoms with Gasteiger partial charge in [-0.3, -0.25) is 0 Å². The van der Waals surface area contributed by atoms with Gasteiger partial charge in [0.25, 0.3) is 10.0 Å². The monoisotopic (exact) mass is 234 g/mol. The van der Waals surface area contributed by atoms with Crippen molar-refractivity contribution >= 4 is 16.4 Å². The molecule has 0 spiro atoms. The zero-order valence-corrected chi connectivity index (χ0v) is 10.8. The maximum absolute atomic E-state index is 11.3. The Hall–Kier alpha value is -0.580. The molecule has 0 aliphatic heterocycles. The van der Waals surface area contributed by atoms with Crippen LogP contribution in [0.15, 0.2) is 4.40 Å². The van der Waals surface area contributed by atoms with E-state index in [9.17, 15) is 8.42 Å². The van der Waals surface area contributed by atoms with Gasteiger partial charge in [0.1, 0.15) is 6.34 Å². The van der Waals surface area contributed by atoms with E-state index >= 15 is 0 Å². The SMILES string of the molecule is CCCCCCCS(=O)(=O)/N=C/N(C)C. The lowest BCUT2D eigenvalue weighted by Gasteiger charge is -2.03. The van der Waals surface area contributed by atoms with Crippen LogP contribution < -0.4 is 0 Å². The van der Waals surface area contributed by atoms with Crippen molar-refractivity contribution in [3.8, 4) is 0 Å². The van der Waals surface area contributed by atoms with Crippen LogP contribution in [0.1, 0.15) is 39.0 Å². The Morgan fingerprint density at radius 2 is 1.73 bits per heavy atom. The molecule has 0 bridgehead atoms. The topological polar surface area (TPSA) is 49.7 Å². The average molecular weight is 234 g/mol. The lowest BCUT2D eigenvalue weighted by atomic mass is 10.2. The molecule has 0 rings (SSSR count). The highest BCUT2D eigenvalue weighted by Gasteiger charge is 2.06. The predicted molar refractivity (Wildman–Crippen MR) is 64.7 cm³/mol. The summed E-state index contributed by atoms with van der Waals surface area (Å²) in [6.45, 7) is 2.14. The fraction of sp³-hybridized carbons (Fsp3) is 0.900. The minimum atomic E-state index is -3.24. The van der Waals surface area contributed by atoms with Crippen molar-refractivity contribution < 1.29 is 8.42 Å². The van der Waals surface area contributed by atoms with Gasteiger partial charge in [-0.15, -0.1) is 0 Å². The second-order valence-corrected chi connectivity index (χ2v) is 5.67. The van der Waals surface area contributed by atoms with Gasteiger partial charge in [-0.1, -0.05) is 32.6 Å². The van der Waals surface area contributed by atoms with Crippen LogP contribution >= 0.6 is 0 Å². The van der Waals surface area contributed by atoms with Crippen LogP contribution in [0, 0.1) is 0 Å². The van der Waals surface area contributed by atoms with Gasteiger partial charge in [0.15, 0.2) is 0 Å². The van der Waals surface area contributed by atoms with Crippen molar-refractivity contribution in [2.75, 3.05) is 19.8 Å². The van der Waals surface area contributed by atoms with E-state index in [2.05, 4.69) is 11.3 Å². The molecular formula is C10H22N2O2S. The summed E-state index contributed by atoms with van der Waals surface area (Å²) in [7, 11) is 0.264. The zero-order chi connectivity index (χ0) is 11.7. The molecular weight excluding hydrogens is 212 g/mol. The van der Waals surface area contributed by atoms with Crippen LogP contribution in [-0.4, -0.2) is 39.5 Å². The van der Waals surface area contributed by atoms with Crippen LogP contribution in [0.2, 0.25) is 0 Å². The molecule has 15 heavy (non-hydrogen) atoms. The molecule has 0 aromatic rings. The minimum Gasteiger partial charge on any atom is -0.368 e. The summed E-state index contributed by atoms with van der Waals surface area (Å²) in [6.07, 6.45) is 6.50. The van der Waals surface area contributed by atoms with Gasteiger partial charge >= 0.3 is 0 Å². The van der Waals surface area contributed by atoms with E-state index in [1.54, 1.807) is 19.0 Å². The Labute approximate surface area is 93.4 Å². The highest BCUT2D eigenvalue weighted by molar-refractivity contribution is 7.90. The molecule has 0 radical (unpaired) electrons. The van der Waals surface area contributed by atoms with E-state index in [4.69, 9.17) is 0 Å². The molecule has 0 atom stereocenters. The van der Waals surface area contributed by atoms with E-state index in [0.29, 0.717) is 6.42 Å². The van der Waals surface area contributed by atoms with Gasteiger partial charge in [-0.25, -0.2) is 8.42 Å². The van der Waals surface area contributed by atoms with Crippen LogP contribution in [0.3, 0.4) is 0 Å². The lowest BCUT2D eigenvalue weighted by molar-refractivity contribution is 0.586. The van der Waals surface area contributed by atoms with Gasteiger partial charge in [0.05, 0.1) is 5.75 Å². The lowest BCUT2D eigenvalue weighted by Crippen LogP contribution is -2.11. The molecule has 0 saturated heterocycles. The zero-order valence-electron chi connectivity index (χ0n) is 9.94. The summed E-state index contributed by atoms with van der Waals surface area (Å²) in [6, 6.07) is 0. The number of hydrogen-bond donors (Lipinski definition) is 0. The van der Waals surface area contributed by atoms with Gasteiger partial charge in [0, 0.05) is 14.1 Å². The number of rotatable bonds is 8. The molecule has 0 amide bonds. The smallest absolute Gasteiger partial charge is 0.254 e. The Kier molecular flexibility index (Phi) is 7.38. The second-order valence-electron chi connectivity index (χ2n) is 3.88. The largest absolute Gasteiger partial charge is 0.368 e. The molecule has 0 saturated carbocycles. The molecule has 0 fully saturated rings. The van der Waals surface area contributed by atoms with Crippen molar-refractivity contribution in [2.45, 2.75) is 39.0 Å². The highest BCUT2D eigenvalue weighted by atomic mass is 32.2. The summed E-state index contributed by atoms with van der Waals surface area (Å²) < 4.78 is 26.2. The first-order valence-electron chi connectivity index (χ1n) is 5.42. The molecule has 0 aliphatic carbocycles. The molecule has 4 nitrogen and oxygen atoms in total. The third-order valence-electron chi connectivity index (χ3n) is 1.94. The second kappa shape index (κ2) is 7.68. The van der Waals surface area contributed by atoms with Crippen molar-refractivity contribution in [3.63, 3.8) is 0 Å². The molecule has 5 heteroatoms. The predicted octanol–water partition coefficient (Wildman–Crippen LogP) is 1.88. The van der Waals surface area contributed by atoms with E-state index in [1.807, 2.05) is 0 Å². The summed E-state index contributed by atoms with van der Waals surface area (Å²) >= 11 is 0. The fourth-order valence-corrected chi connectivity index (χ4v) is 2.11. The van der Waals surface area contributed by atoms with E-state index in [0.717, 1.165) is 12.8 Å². The summed E-state index contributed by atoms with van der Waals surface area (Å²) in [5.74, 6) is 0.168. The number of hydrogen-bond acceptors (Lipinski definition) is 2. The van der Waals surface area contributed by atoms with Crippen LogP contribution in [0.5, 0.6) is 0 Å². The molecule has 0 heterocycles. The molecule has 0 aliphatic rings. The fourth-order valence-electron chi connectivity index (χ4n) is 1.11. The molecule has 90 valence electrons. The number of nitrogens with zero attached hydrogens (tertiary/aromatic N) is 2. The van der Waals surface area contributed by atoms with E-state index in [-0.39, 0.29) is 5.75 Å². The van der Waals surface area contributed by atoms with Crippen LogP contribution in [-0.2, 0) is 10.0 Å². The van der Waals surface area contributed by atoms with Crippen molar-refractivity contribution in [1.29, 1.82) is 0 Å². The highest BCUT2D eigenvalue weighted by Crippen LogP contribution is 2.05. The van der Waals surface area contributed by atoms with Crippen molar-refractivity contribution in [3.05, 3.63) is 0 Å². The van der Waals surface area contributed by atoms with Crippen LogP contribution in [0.25, 0.3) is 0 Å². The van der Waals surface area contributed by atoms with Gasteiger partial charge < -0.3 is 4.90 Å². The molecule has 0 unspecified atom stereocenters. The first-order valence-corrected chi connectivity index (χ1v) is 7.03. The Bertz CT molecular complexity index is 271. The maximum Gasteiger partial charge on any atom is 0.254 e.